The predicted octanol–water partition coefficient (Wildman–Crippen LogP) is 4.36. The average Bonchev–Trinajstić information content (AvgIpc) is 2.63. The molecule has 0 atom stereocenters. The Kier molecular flexibility index (Phi) is 4.49. The molecule has 0 saturated heterocycles. The van der Waals surface area contributed by atoms with E-state index in [4.69, 9.17) is 10.00 Å². The molecule has 0 saturated carbocycles. The minimum absolute atomic E-state index is 0.0459. The van der Waals surface area contributed by atoms with Crippen LogP contribution in [0.25, 0.3) is 11.4 Å². The largest absolute Gasteiger partial charge is 0.436 e. The molecule has 3 rings (SSSR count). The first-order chi connectivity index (χ1) is 12.4. The maximum absolute atomic E-state index is 13.9. The van der Waals surface area contributed by atoms with Crippen LogP contribution < -0.4 is 4.74 Å². The zero-order chi connectivity index (χ0) is 18.7. The van der Waals surface area contributed by atoms with Crippen LogP contribution in [0.3, 0.4) is 0 Å². The van der Waals surface area contributed by atoms with Crippen LogP contribution in [0.4, 0.5) is 17.6 Å². The molecule has 0 amide bonds. The summed E-state index contributed by atoms with van der Waals surface area (Å²) in [6, 6.07) is 8.61. The van der Waals surface area contributed by atoms with Crippen LogP contribution in [0, 0.1) is 17.1 Å². The lowest BCUT2D eigenvalue weighted by Gasteiger charge is -2.11. The Morgan fingerprint density at radius 1 is 1.08 bits per heavy atom. The Balaban J connectivity index is 2.05. The average molecular weight is 360 g/mol. The lowest BCUT2D eigenvalue weighted by molar-refractivity contribution is -0.141. The topological polar surface area (TPSA) is 71.7 Å². The molecular weight excluding hydrogens is 352 g/mol. The monoisotopic (exact) mass is 360 g/mol. The number of halogens is 4. The van der Waals surface area contributed by atoms with Crippen molar-refractivity contribution in [3.8, 4) is 29.1 Å². The molecule has 1 aromatic carbocycles. The van der Waals surface area contributed by atoms with Gasteiger partial charge in [0.1, 0.15) is 0 Å². The van der Waals surface area contributed by atoms with Crippen molar-refractivity contribution in [3.63, 3.8) is 0 Å². The Morgan fingerprint density at radius 2 is 1.88 bits per heavy atom. The van der Waals surface area contributed by atoms with Gasteiger partial charge in [-0.25, -0.2) is 9.37 Å². The smallest absolute Gasteiger partial charge is 0.433 e. The lowest BCUT2D eigenvalue weighted by atomic mass is 10.2. The van der Waals surface area contributed by atoms with E-state index in [-0.39, 0.29) is 22.7 Å². The van der Waals surface area contributed by atoms with Crippen molar-refractivity contribution in [3.05, 3.63) is 65.9 Å². The van der Waals surface area contributed by atoms with Crippen LogP contribution in [-0.2, 0) is 6.18 Å². The van der Waals surface area contributed by atoms with Crippen molar-refractivity contribution in [1.82, 2.24) is 15.0 Å². The van der Waals surface area contributed by atoms with Crippen molar-refractivity contribution in [1.29, 1.82) is 5.26 Å². The van der Waals surface area contributed by atoms with Crippen LogP contribution in [0.2, 0.25) is 0 Å². The van der Waals surface area contributed by atoms with Gasteiger partial charge in [0.25, 0.3) is 0 Å². The minimum atomic E-state index is -4.75. The highest BCUT2D eigenvalue weighted by Crippen LogP contribution is 2.33. The van der Waals surface area contributed by atoms with E-state index in [1.807, 2.05) is 0 Å². The number of benzene rings is 1. The number of aromatic nitrogens is 3. The molecule has 0 fully saturated rings. The highest BCUT2D eigenvalue weighted by atomic mass is 19.4. The number of pyridine rings is 1. The number of ether oxygens (including phenoxy) is 1. The van der Waals surface area contributed by atoms with E-state index in [2.05, 4.69) is 15.0 Å². The SMILES string of the molecule is N#Cc1ccc(Oc2cc(C(F)(F)F)nc(-c3cccnc3)n2)c(F)c1. The van der Waals surface area contributed by atoms with Gasteiger partial charge in [0.15, 0.2) is 23.1 Å². The molecule has 0 aliphatic heterocycles. The summed E-state index contributed by atoms with van der Waals surface area (Å²) in [7, 11) is 0. The highest BCUT2D eigenvalue weighted by Gasteiger charge is 2.34. The summed E-state index contributed by atoms with van der Waals surface area (Å²) in [5.41, 5.74) is -0.955. The zero-order valence-corrected chi connectivity index (χ0v) is 12.8. The van der Waals surface area contributed by atoms with Gasteiger partial charge in [-0.1, -0.05) is 0 Å². The van der Waals surface area contributed by atoms with Crippen molar-refractivity contribution in [2.45, 2.75) is 6.18 Å². The summed E-state index contributed by atoms with van der Waals surface area (Å²) in [5.74, 6) is -2.03. The maximum atomic E-state index is 13.9. The van der Waals surface area contributed by atoms with Gasteiger partial charge in [0, 0.05) is 24.0 Å². The standard InChI is InChI=1S/C17H8F4N4O/c18-12-6-10(8-22)3-4-13(12)26-15-7-14(17(19,20)21)24-16(25-15)11-2-1-5-23-9-11/h1-7,9H. The van der Waals surface area contributed by atoms with Gasteiger partial charge in [-0.2, -0.15) is 23.4 Å². The van der Waals surface area contributed by atoms with Crippen LogP contribution in [0.5, 0.6) is 11.6 Å². The third-order valence-corrected chi connectivity index (χ3v) is 3.19. The van der Waals surface area contributed by atoms with E-state index in [1.165, 1.54) is 30.6 Å². The van der Waals surface area contributed by atoms with Gasteiger partial charge < -0.3 is 4.74 Å². The van der Waals surface area contributed by atoms with E-state index < -0.39 is 23.6 Å². The molecule has 0 spiro atoms. The molecule has 130 valence electrons. The molecule has 0 bridgehead atoms. The van der Waals surface area contributed by atoms with E-state index in [0.717, 1.165) is 12.1 Å². The Morgan fingerprint density at radius 3 is 2.50 bits per heavy atom. The van der Waals surface area contributed by atoms with Crippen LogP contribution in [0.15, 0.2) is 48.8 Å². The molecule has 9 heteroatoms. The van der Waals surface area contributed by atoms with Crippen LogP contribution >= 0.6 is 0 Å². The quantitative estimate of drug-likeness (QED) is 0.649. The second-order valence-electron chi connectivity index (χ2n) is 5.01. The van der Waals surface area contributed by atoms with Gasteiger partial charge in [0.05, 0.1) is 11.6 Å². The Bertz CT molecular complexity index is 984. The summed E-state index contributed by atoms with van der Waals surface area (Å²) in [5, 5.41) is 8.72. The van der Waals surface area contributed by atoms with Gasteiger partial charge >= 0.3 is 6.18 Å². The normalized spacial score (nSPS) is 11.0. The summed E-state index contributed by atoms with van der Waals surface area (Å²) in [4.78, 5) is 11.2. The van der Waals surface area contributed by atoms with Gasteiger partial charge in [-0.15, -0.1) is 0 Å². The fraction of sp³-hybridized carbons (Fsp3) is 0.0588. The van der Waals surface area contributed by atoms with Crippen molar-refractivity contribution in [2.24, 2.45) is 0 Å². The summed E-state index contributed by atoms with van der Waals surface area (Å²) in [6.07, 6.45) is -2.01. The van der Waals surface area contributed by atoms with E-state index in [1.54, 1.807) is 6.07 Å². The molecule has 26 heavy (non-hydrogen) atoms. The Hall–Kier alpha value is -3.54. The number of rotatable bonds is 3. The molecule has 2 heterocycles. The fourth-order valence-corrected chi connectivity index (χ4v) is 2.01. The van der Waals surface area contributed by atoms with E-state index in [9.17, 15) is 17.6 Å². The third kappa shape index (κ3) is 3.75. The first-order valence-electron chi connectivity index (χ1n) is 7.11. The fourth-order valence-electron chi connectivity index (χ4n) is 2.01. The van der Waals surface area contributed by atoms with Crippen molar-refractivity contribution in [2.75, 3.05) is 0 Å². The van der Waals surface area contributed by atoms with Crippen molar-refractivity contribution >= 4 is 0 Å². The molecule has 0 radical (unpaired) electrons. The van der Waals surface area contributed by atoms with Crippen molar-refractivity contribution < 1.29 is 22.3 Å². The molecule has 0 unspecified atom stereocenters. The van der Waals surface area contributed by atoms with Gasteiger partial charge in [-0.3, -0.25) is 4.98 Å². The number of nitrogens with zero attached hydrogens (tertiary/aromatic N) is 4. The molecule has 5 nitrogen and oxygen atoms in total. The second kappa shape index (κ2) is 6.76. The van der Waals surface area contributed by atoms with Crippen LogP contribution in [0.1, 0.15) is 11.3 Å². The molecule has 0 N–H and O–H groups in total. The number of alkyl halides is 3. The highest BCUT2D eigenvalue weighted by molar-refractivity contribution is 5.54. The molecule has 0 aliphatic rings. The molecular formula is C17H8F4N4O. The van der Waals surface area contributed by atoms with Gasteiger partial charge in [0.2, 0.25) is 5.88 Å². The first-order valence-corrected chi connectivity index (χ1v) is 7.11. The summed E-state index contributed by atoms with van der Waals surface area (Å²) >= 11 is 0. The van der Waals surface area contributed by atoms with E-state index >= 15 is 0 Å². The second-order valence-corrected chi connectivity index (χ2v) is 5.01. The lowest BCUT2D eigenvalue weighted by Crippen LogP contribution is -2.10. The number of hydrogen-bond acceptors (Lipinski definition) is 5. The first kappa shape index (κ1) is 17.3. The Labute approximate surface area is 144 Å². The third-order valence-electron chi connectivity index (χ3n) is 3.19. The van der Waals surface area contributed by atoms with E-state index in [0.29, 0.717) is 6.07 Å². The minimum Gasteiger partial charge on any atom is -0.436 e. The number of hydrogen-bond donors (Lipinski definition) is 0. The predicted molar refractivity (Wildman–Crippen MR) is 81.5 cm³/mol. The molecule has 2 aromatic heterocycles. The van der Waals surface area contributed by atoms with Gasteiger partial charge in [-0.05, 0) is 30.3 Å². The maximum Gasteiger partial charge on any atom is 0.433 e. The molecule has 0 aliphatic carbocycles. The zero-order valence-electron chi connectivity index (χ0n) is 12.8. The molecule has 3 aromatic rings. The summed E-state index contributed by atoms with van der Waals surface area (Å²) in [6.45, 7) is 0. The number of nitriles is 1. The summed E-state index contributed by atoms with van der Waals surface area (Å²) < 4.78 is 58.4. The van der Waals surface area contributed by atoms with Crippen LogP contribution in [-0.4, -0.2) is 15.0 Å².